The van der Waals surface area contributed by atoms with E-state index in [-0.39, 0.29) is 29.6 Å². The molecule has 1 atom stereocenters. The number of carbonyl (C=O) groups excluding carboxylic acids is 2. The molecular weight excluding hydrogens is 612 g/mol. The van der Waals surface area contributed by atoms with Crippen LogP contribution in [0.25, 0.3) is 0 Å². The topological polar surface area (TPSA) is 113 Å². The summed E-state index contributed by atoms with van der Waals surface area (Å²) in [6, 6.07) is 22.9. The lowest BCUT2D eigenvalue weighted by molar-refractivity contribution is 0.0601. The fourth-order valence-electron chi connectivity index (χ4n) is 5.75. The van der Waals surface area contributed by atoms with Gasteiger partial charge < -0.3 is 20.3 Å². The summed E-state index contributed by atoms with van der Waals surface area (Å²) in [5.41, 5.74) is 7.51. The zero-order valence-corrected chi connectivity index (χ0v) is 27.6. The van der Waals surface area contributed by atoms with E-state index in [1.807, 2.05) is 36.1 Å². The van der Waals surface area contributed by atoms with Crippen LogP contribution in [0.2, 0.25) is 5.02 Å². The van der Waals surface area contributed by atoms with E-state index in [0.717, 1.165) is 56.4 Å². The van der Waals surface area contributed by atoms with Gasteiger partial charge in [-0.3, -0.25) is 4.79 Å². The number of primary amides is 1. The molecule has 0 aliphatic carbocycles. The molecule has 1 saturated heterocycles. The zero-order valence-electron chi connectivity index (χ0n) is 26.0. The van der Waals surface area contributed by atoms with Gasteiger partial charge in [-0.1, -0.05) is 61.0 Å². The average molecular weight is 655 g/mol. The quantitative estimate of drug-likeness (QED) is 0.237. The van der Waals surface area contributed by atoms with Crippen LogP contribution in [-0.2, 0) is 21.4 Å². The number of piperidine rings is 1. The van der Waals surface area contributed by atoms with Crippen molar-refractivity contribution in [2.24, 2.45) is 5.73 Å². The number of halogens is 1. The highest BCUT2D eigenvalue weighted by molar-refractivity contribution is 7.89. The van der Waals surface area contributed by atoms with Crippen molar-refractivity contribution >= 4 is 33.6 Å². The summed E-state index contributed by atoms with van der Waals surface area (Å²) in [6.07, 6.45) is 2.90. The monoisotopic (exact) mass is 654 g/mol. The Labute approximate surface area is 271 Å². The first-order valence-corrected chi connectivity index (χ1v) is 17.2. The standard InChI is InChI=1S/C34H43ClN4O5S/c1-3-19-39(34(41)44-25-26-12-14-27(15-13-26)33(36)40)31-17-21-38(22-18-31)20-16-29(28-8-7-9-30(35)23-28)24-37(2)45(42,43)32-10-5-4-6-11-32/h4-15,23,29,31H,3,16-22,24-25H2,1-2H3,(H2,36,40)/t29-/m1/s1. The lowest BCUT2D eigenvalue weighted by Gasteiger charge is -2.38. The molecule has 3 aromatic rings. The predicted molar refractivity (Wildman–Crippen MR) is 177 cm³/mol. The van der Waals surface area contributed by atoms with Crippen molar-refractivity contribution in [1.82, 2.24) is 14.1 Å². The van der Waals surface area contributed by atoms with Crippen LogP contribution in [0.15, 0.2) is 83.8 Å². The molecule has 242 valence electrons. The van der Waals surface area contributed by atoms with E-state index in [9.17, 15) is 18.0 Å². The first-order valence-electron chi connectivity index (χ1n) is 15.4. The molecule has 1 aliphatic rings. The summed E-state index contributed by atoms with van der Waals surface area (Å²) in [7, 11) is -2.01. The Bertz CT molecular complexity index is 1510. The van der Waals surface area contributed by atoms with Crippen LogP contribution in [0, 0.1) is 0 Å². The molecule has 1 aliphatic heterocycles. The fraction of sp³-hybridized carbons (Fsp3) is 0.412. The van der Waals surface area contributed by atoms with Crippen LogP contribution >= 0.6 is 11.6 Å². The Balaban J connectivity index is 1.34. The summed E-state index contributed by atoms with van der Waals surface area (Å²) in [4.78, 5) is 28.9. The molecule has 9 nitrogen and oxygen atoms in total. The Morgan fingerprint density at radius 3 is 2.33 bits per heavy atom. The maximum Gasteiger partial charge on any atom is 0.410 e. The predicted octanol–water partition coefficient (Wildman–Crippen LogP) is 5.75. The van der Waals surface area contributed by atoms with Gasteiger partial charge >= 0.3 is 6.09 Å². The highest BCUT2D eigenvalue weighted by Crippen LogP contribution is 2.27. The number of rotatable bonds is 14. The second kappa shape index (κ2) is 16.2. The van der Waals surface area contributed by atoms with Crippen LogP contribution in [0.5, 0.6) is 0 Å². The second-order valence-corrected chi connectivity index (χ2v) is 14.0. The molecule has 0 aromatic heterocycles. The molecule has 0 spiro atoms. The fourth-order valence-corrected chi connectivity index (χ4v) is 7.19. The zero-order chi connectivity index (χ0) is 32.4. The molecule has 3 aromatic carbocycles. The summed E-state index contributed by atoms with van der Waals surface area (Å²) >= 11 is 6.33. The van der Waals surface area contributed by atoms with Gasteiger partial charge in [-0.25, -0.2) is 17.5 Å². The molecule has 11 heteroatoms. The van der Waals surface area contributed by atoms with Gasteiger partial charge in [0.1, 0.15) is 6.61 Å². The largest absolute Gasteiger partial charge is 0.445 e. The van der Waals surface area contributed by atoms with Gasteiger partial charge in [0.05, 0.1) is 4.90 Å². The van der Waals surface area contributed by atoms with E-state index < -0.39 is 15.9 Å². The van der Waals surface area contributed by atoms with Crippen molar-refractivity contribution in [3.05, 3.63) is 101 Å². The van der Waals surface area contributed by atoms with Crippen molar-refractivity contribution in [2.75, 3.05) is 39.8 Å². The molecular formula is C34H43ClN4O5S. The van der Waals surface area contributed by atoms with Crippen LogP contribution in [0.1, 0.15) is 60.0 Å². The minimum Gasteiger partial charge on any atom is -0.445 e. The van der Waals surface area contributed by atoms with E-state index in [4.69, 9.17) is 22.1 Å². The number of likely N-dealkylation sites (tertiary alicyclic amines) is 1. The van der Waals surface area contributed by atoms with Crippen molar-refractivity contribution < 1.29 is 22.7 Å². The SMILES string of the molecule is CCCN(C(=O)OCc1ccc(C(N)=O)cc1)C1CCN(CC[C@H](CN(C)S(=O)(=O)c2ccccc2)c2cccc(Cl)c2)CC1. The first-order chi connectivity index (χ1) is 21.6. The summed E-state index contributed by atoms with van der Waals surface area (Å²) in [6.45, 7) is 5.56. The number of nitrogens with two attached hydrogens (primary N) is 1. The number of ether oxygens (including phenoxy) is 1. The summed E-state index contributed by atoms with van der Waals surface area (Å²) in [5, 5.41) is 0.623. The van der Waals surface area contributed by atoms with Crippen LogP contribution in [0.3, 0.4) is 0 Å². The molecule has 2 N–H and O–H groups in total. The second-order valence-electron chi connectivity index (χ2n) is 11.5. The third-order valence-corrected chi connectivity index (χ3v) is 10.4. The van der Waals surface area contributed by atoms with E-state index in [0.29, 0.717) is 23.7 Å². The van der Waals surface area contributed by atoms with Crippen molar-refractivity contribution in [1.29, 1.82) is 0 Å². The van der Waals surface area contributed by atoms with Crippen molar-refractivity contribution in [2.45, 2.75) is 56.1 Å². The van der Waals surface area contributed by atoms with Gasteiger partial charge in [-0.15, -0.1) is 0 Å². The smallest absolute Gasteiger partial charge is 0.410 e. The number of likely N-dealkylation sites (N-methyl/N-ethyl adjacent to an activating group) is 1. The van der Waals surface area contributed by atoms with Gasteiger partial charge in [0.2, 0.25) is 15.9 Å². The van der Waals surface area contributed by atoms with E-state index in [2.05, 4.69) is 4.90 Å². The average Bonchev–Trinajstić information content (AvgIpc) is 3.05. The Hall–Kier alpha value is -3.44. The Kier molecular flexibility index (Phi) is 12.4. The normalized spacial score (nSPS) is 15.1. The number of hydrogen-bond donors (Lipinski definition) is 1. The minimum atomic E-state index is -3.63. The van der Waals surface area contributed by atoms with E-state index >= 15 is 0 Å². The Morgan fingerprint density at radius 2 is 1.71 bits per heavy atom. The maximum atomic E-state index is 13.3. The lowest BCUT2D eigenvalue weighted by atomic mass is 9.94. The summed E-state index contributed by atoms with van der Waals surface area (Å²) < 4.78 is 33.6. The van der Waals surface area contributed by atoms with E-state index in [1.54, 1.807) is 61.6 Å². The number of benzene rings is 3. The Morgan fingerprint density at radius 1 is 1.02 bits per heavy atom. The van der Waals surface area contributed by atoms with Gasteiger partial charge in [0.15, 0.2) is 0 Å². The molecule has 4 rings (SSSR count). The van der Waals surface area contributed by atoms with Crippen LogP contribution in [-0.4, -0.2) is 80.3 Å². The molecule has 2 amide bonds. The number of nitrogens with zero attached hydrogens (tertiary/aromatic N) is 3. The summed E-state index contributed by atoms with van der Waals surface area (Å²) in [5.74, 6) is -0.546. The van der Waals surface area contributed by atoms with Crippen LogP contribution in [0.4, 0.5) is 4.79 Å². The van der Waals surface area contributed by atoms with Gasteiger partial charge in [0, 0.05) is 49.9 Å². The number of sulfonamides is 1. The lowest BCUT2D eigenvalue weighted by Crippen LogP contribution is -2.48. The van der Waals surface area contributed by atoms with Gasteiger partial charge in [-0.2, -0.15) is 0 Å². The third-order valence-electron chi connectivity index (χ3n) is 8.34. The van der Waals surface area contributed by atoms with Gasteiger partial charge in [-0.05, 0) is 85.7 Å². The number of amides is 2. The molecule has 45 heavy (non-hydrogen) atoms. The molecule has 1 heterocycles. The highest BCUT2D eigenvalue weighted by atomic mass is 35.5. The first kappa shape index (κ1) is 34.4. The number of hydrogen-bond acceptors (Lipinski definition) is 6. The van der Waals surface area contributed by atoms with Crippen molar-refractivity contribution in [3.8, 4) is 0 Å². The third kappa shape index (κ3) is 9.53. The molecule has 0 bridgehead atoms. The number of carbonyl (C=O) groups is 2. The van der Waals surface area contributed by atoms with Crippen LogP contribution < -0.4 is 5.73 Å². The highest BCUT2D eigenvalue weighted by Gasteiger charge is 2.30. The van der Waals surface area contributed by atoms with Gasteiger partial charge in [0.25, 0.3) is 0 Å². The maximum absolute atomic E-state index is 13.3. The van der Waals surface area contributed by atoms with E-state index in [1.165, 1.54) is 4.31 Å². The molecule has 0 radical (unpaired) electrons. The van der Waals surface area contributed by atoms with Crippen molar-refractivity contribution in [3.63, 3.8) is 0 Å². The minimum absolute atomic E-state index is 0.0477. The molecule has 1 fully saturated rings. The molecule has 0 unspecified atom stereocenters. The molecule has 0 saturated carbocycles.